The Balaban J connectivity index is 2.11. The van der Waals surface area contributed by atoms with Gasteiger partial charge in [0.1, 0.15) is 0 Å². The predicted octanol–water partition coefficient (Wildman–Crippen LogP) is 2.82. The van der Waals surface area contributed by atoms with Gasteiger partial charge in [-0.25, -0.2) is 0 Å². The number of nitrogens with zero attached hydrogens (tertiary/aromatic N) is 1. The first-order valence-electron chi connectivity index (χ1n) is 4.27. The minimum absolute atomic E-state index is 0.0572. The van der Waals surface area contributed by atoms with Gasteiger partial charge in [-0.2, -0.15) is 0 Å². The first kappa shape index (κ1) is 9.09. The molecule has 1 heterocycles. The quantitative estimate of drug-likeness (QED) is 0.748. The number of carbonyl (C=O) groups excluding carboxylic acids is 1. The molecule has 0 N–H and O–H groups in total. The van der Waals surface area contributed by atoms with Crippen LogP contribution in [0.1, 0.15) is 10.4 Å². The molecular formula is C11H9NOS. The van der Waals surface area contributed by atoms with Gasteiger partial charge in [0, 0.05) is 29.9 Å². The van der Waals surface area contributed by atoms with E-state index in [1.807, 2.05) is 54.9 Å². The first-order valence-corrected chi connectivity index (χ1v) is 5.04. The van der Waals surface area contributed by atoms with Crippen molar-refractivity contribution in [3.8, 4) is 0 Å². The van der Waals surface area contributed by atoms with Crippen molar-refractivity contribution in [3.05, 3.63) is 60.4 Å². The lowest BCUT2D eigenvalue weighted by molar-refractivity contribution is 0.108. The molecule has 2 rings (SSSR count). The van der Waals surface area contributed by atoms with Gasteiger partial charge in [-0.1, -0.05) is 30.3 Å². The van der Waals surface area contributed by atoms with Gasteiger partial charge in [-0.3, -0.25) is 8.77 Å². The van der Waals surface area contributed by atoms with Gasteiger partial charge >= 0.3 is 0 Å². The van der Waals surface area contributed by atoms with Gasteiger partial charge in [-0.05, 0) is 12.1 Å². The van der Waals surface area contributed by atoms with Crippen LogP contribution in [-0.4, -0.2) is 9.09 Å². The maximum Gasteiger partial charge on any atom is 0.240 e. The molecule has 3 heteroatoms. The molecule has 0 aliphatic carbocycles. The molecule has 14 heavy (non-hydrogen) atoms. The van der Waals surface area contributed by atoms with Crippen molar-refractivity contribution in [2.24, 2.45) is 0 Å². The fraction of sp³-hybridized carbons (Fsp3) is 0. The van der Waals surface area contributed by atoms with E-state index in [0.29, 0.717) is 0 Å². The fourth-order valence-electron chi connectivity index (χ4n) is 1.10. The highest BCUT2D eigenvalue weighted by molar-refractivity contribution is 8.12. The van der Waals surface area contributed by atoms with Crippen LogP contribution in [-0.2, 0) is 0 Å². The van der Waals surface area contributed by atoms with Gasteiger partial charge in [0.2, 0.25) is 5.12 Å². The lowest BCUT2D eigenvalue weighted by atomic mass is 10.2. The van der Waals surface area contributed by atoms with Crippen LogP contribution in [0.3, 0.4) is 0 Å². The van der Waals surface area contributed by atoms with Crippen molar-refractivity contribution in [2.75, 3.05) is 0 Å². The van der Waals surface area contributed by atoms with Crippen LogP contribution in [0, 0.1) is 0 Å². The van der Waals surface area contributed by atoms with Gasteiger partial charge in [0.25, 0.3) is 0 Å². The van der Waals surface area contributed by atoms with E-state index in [4.69, 9.17) is 0 Å². The van der Waals surface area contributed by atoms with Gasteiger partial charge < -0.3 is 0 Å². The third kappa shape index (κ3) is 2.06. The van der Waals surface area contributed by atoms with Gasteiger partial charge in [-0.15, -0.1) is 0 Å². The number of carbonyl (C=O) groups is 1. The van der Waals surface area contributed by atoms with Gasteiger partial charge in [0.05, 0.1) is 0 Å². The van der Waals surface area contributed by atoms with Crippen LogP contribution in [0.4, 0.5) is 0 Å². The largest absolute Gasteiger partial charge is 0.292 e. The van der Waals surface area contributed by atoms with Crippen LogP contribution in [0.25, 0.3) is 0 Å². The van der Waals surface area contributed by atoms with E-state index in [1.54, 1.807) is 3.97 Å². The molecule has 0 radical (unpaired) electrons. The van der Waals surface area contributed by atoms with Crippen molar-refractivity contribution < 1.29 is 4.79 Å². The highest BCUT2D eigenvalue weighted by atomic mass is 32.2. The van der Waals surface area contributed by atoms with E-state index in [2.05, 4.69) is 0 Å². The smallest absolute Gasteiger partial charge is 0.240 e. The maximum absolute atomic E-state index is 11.7. The van der Waals surface area contributed by atoms with Crippen LogP contribution in [0.2, 0.25) is 0 Å². The summed E-state index contributed by atoms with van der Waals surface area (Å²) < 4.78 is 1.79. The molecule has 0 saturated carbocycles. The summed E-state index contributed by atoms with van der Waals surface area (Å²) in [6.07, 6.45) is 3.71. The maximum atomic E-state index is 11.7. The summed E-state index contributed by atoms with van der Waals surface area (Å²) in [6.45, 7) is 0. The Bertz CT molecular complexity index is 408. The molecule has 0 fully saturated rings. The average Bonchev–Trinajstić information content (AvgIpc) is 2.72. The molecule has 0 saturated heterocycles. The Hall–Kier alpha value is -1.48. The molecule has 0 unspecified atom stereocenters. The Morgan fingerprint density at radius 2 is 1.64 bits per heavy atom. The second-order valence-corrected chi connectivity index (χ2v) is 3.76. The number of hydrogen-bond acceptors (Lipinski definition) is 2. The molecule has 0 atom stereocenters. The first-order chi connectivity index (χ1) is 6.86. The van der Waals surface area contributed by atoms with Crippen molar-refractivity contribution in [3.63, 3.8) is 0 Å². The Morgan fingerprint density at radius 1 is 1.00 bits per heavy atom. The zero-order chi connectivity index (χ0) is 9.80. The summed E-state index contributed by atoms with van der Waals surface area (Å²) in [6, 6.07) is 13.1. The standard InChI is InChI=1S/C11H9NOS/c13-11(10-6-2-1-3-7-10)14-12-8-4-5-9-12/h1-9H. The summed E-state index contributed by atoms with van der Waals surface area (Å²) in [5, 5.41) is 0.0572. The molecule has 0 amide bonds. The van der Waals surface area contributed by atoms with Crippen LogP contribution >= 0.6 is 11.9 Å². The lowest BCUT2D eigenvalue weighted by Crippen LogP contribution is -1.95. The number of rotatable bonds is 2. The highest BCUT2D eigenvalue weighted by Crippen LogP contribution is 2.14. The molecule has 0 aliphatic heterocycles. The third-order valence-electron chi connectivity index (χ3n) is 1.77. The Morgan fingerprint density at radius 3 is 2.29 bits per heavy atom. The van der Waals surface area contributed by atoms with E-state index in [1.165, 1.54) is 11.9 Å². The lowest BCUT2D eigenvalue weighted by Gasteiger charge is -1.99. The van der Waals surface area contributed by atoms with Crippen LogP contribution in [0.15, 0.2) is 54.9 Å². The number of hydrogen-bond donors (Lipinski definition) is 0. The second kappa shape index (κ2) is 4.15. The summed E-state index contributed by atoms with van der Waals surface area (Å²) in [5.41, 5.74) is 0.728. The van der Waals surface area contributed by atoms with Crippen molar-refractivity contribution in [1.82, 2.24) is 3.97 Å². The van der Waals surface area contributed by atoms with E-state index < -0.39 is 0 Å². The van der Waals surface area contributed by atoms with E-state index in [-0.39, 0.29) is 5.12 Å². The monoisotopic (exact) mass is 203 g/mol. The summed E-state index contributed by atoms with van der Waals surface area (Å²) in [4.78, 5) is 11.7. The van der Waals surface area contributed by atoms with Crippen LogP contribution < -0.4 is 0 Å². The topological polar surface area (TPSA) is 22.0 Å². The normalized spacial score (nSPS) is 10.0. The van der Waals surface area contributed by atoms with Crippen molar-refractivity contribution >= 4 is 17.1 Å². The molecule has 1 aromatic heterocycles. The van der Waals surface area contributed by atoms with Crippen LogP contribution in [0.5, 0.6) is 0 Å². The van der Waals surface area contributed by atoms with Crippen molar-refractivity contribution in [1.29, 1.82) is 0 Å². The summed E-state index contributed by atoms with van der Waals surface area (Å²) >= 11 is 1.18. The molecule has 2 aromatic rings. The Labute approximate surface area is 86.7 Å². The predicted molar refractivity (Wildman–Crippen MR) is 58.2 cm³/mol. The van der Waals surface area contributed by atoms with E-state index >= 15 is 0 Å². The summed E-state index contributed by atoms with van der Waals surface area (Å²) in [7, 11) is 0. The zero-order valence-corrected chi connectivity index (χ0v) is 8.28. The molecule has 1 aromatic carbocycles. The van der Waals surface area contributed by atoms with Gasteiger partial charge in [0.15, 0.2) is 0 Å². The van der Waals surface area contributed by atoms with Crippen molar-refractivity contribution in [2.45, 2.75) is 0 Å². The SMILES string of the molecule is O=C(Sn1cccc1)c1ccccc1. The molecular weight excluding hydrogens is 194 g/mol. The van der Waals surface area contributed by atoms with E-state index in [0.717, 1.165) is 5.56 Å². The molecule has 70 valence electrons. The zero-order valence-electron chi connectivity index (χ0n) is 7.46. The number of benzene rings is 1. The second-order valence-electron chi connectivity index (χ2n) is 2.79. The fourth-order valence-corrected chi connectivity index (χ4v) is 1.80. The molecule has 0 spiro atoms. The molecule has 0 bridgehead atoms. The Kier molecular flexibility index (Phi) is 2.70. The molecule has 0 aliphatic rings. The third-order valence-corrected chi connectivity index (χ3v) is 2.63. The summed E-state index contributed by atoms with van der Waals surface area (Å²) in [5.74, 6) is 0. The molecule has 2 nitrogen and oxygen atoms in total. The minimum Gasteiger partial charge on any atom is -0.292 e. The van der Waals surface area contributed by atoms with E-state index in [9.17, 15) is 4.79 Å². The number of aromatic nitrogens is 1. The average molecular weight is 203 g/mol. The highest BCUT2D eigenvalue weighted by Gasteiger charge is 2.05. The minimum atomic E-state index is 0.0572.